The van der Waals surface area contributed by atoms with Crippen molar-refractivity contribution in [2.24, 2.45) is 0 Å². The van der Waals surface area contributed by atoms with Crippen molar-refractivity contribution in [3.63, 3.8) is 0 Å². The van der Waals surface area contributed by atoms with Gasteiger partial charge in [0, 0.05) is 56.5 Å². The van der Waals surface area contributed by atoms with Gasteiger partial charge in [0.05, 0.1) is 19.4 Å². The molecule has 0 aromatic heterocycles. The molecule has 12 rings (SSSR count). The lowest BCUT2D eigenvalue weighted by Gasteiger charge is -2.45. The lowest BCUT2D eigenvalue weighted by Crippen LogP contribution is -2.61. The number of rotatable bonds is 6. The first-order valence-electron chi connectivity index (χ1n) is 30.5. The molecule has 0 spiro atoms. The Morgan fingerprint density at radius 1 is 0.425 bits per heavy atom. The highest BCUT2D eigenvalue weighted by Gasteiger charge is 2.45. The van der Waals surface area contributed by atoms with Crippen molar-refractivity contribution in [3.8, 4) is 22.3 Å². The van der Waals surface area contributed by atoms with Gasteiger partial charge in [0.1, 0.15) is 0 Å². The van der Waals surface area contributed by atoms with Gasteiger partial charge < -0.3 is 14.7 Å². The van der Waals surface area contributed by atoms with Crippen LogP contribution in [-0.4, -0.2) is 6.71 Å². The highest BCUT2D eigenvalue weighted by atomic mass is 15.2. The fraction of sp³-hybridized carbons (Fsp3) is 0.217. The van der Waals surface area contributed by atoms with Crippen LogP contribution < -0.4 is 31.1 Å². The first-order chi connectivity index (χ1) is 39.0. The van der Waals surface area contributed by atoms with Crippen molar-refractivity contribution in [1.82, 2.24) is 0 Å². The van der Waals surface area contributed by atoms with Gasteiger partial charge in [0.25, 0.3) is 6.71 Å². The summed E-state index contributed by atoms with van der Waals surface area (Å²) >= 11 is 0. The zero-order chi connectivity index (χ0) is 59.5. The molecule has 3 nitrogen and oxygen atoms in total. The van der Waals surface area contributed by atoms with Gasteiger partial charge in [-0.3, -0.25) is 0 Å². The zero-order valence-electron chi connectivity index (χ0n) is 53.7. The number of hydrogen-bond acceptors (Lipinski definition) is 3. The minimum Gasteiger partial charge on any atom is -0.311 e. The van der Waals surface area contributed by atoms with Crippen molar-refractivity contribution in [2.75, 3.05) is 14.7 Å². The van der Waals surface area contributed by atoms with E-state index in [1.54, 1.807) is 6.07 Å². The lowest BCUT2D eigenvalue weighted by molar-refractivity contribution is 0.590. The average molecular weight is 958 g/mol. The average Bonchev–Trinajstić information content (AvgIpc) is 1.07. The van der Waals surface area contributed by atoms with E-state index < -0.39 is 60.4 Å². The SMILES string of the molecule is [2H]c1c([2H])c([2H])c(N(c2ccc3c(c2)N(c2ccc4c(c2)C(C)(C)c2ccccc2-4)c2cccc4c2B3c2cc(C(C)(C)C)ccc2N4c2ccc(C(C)(C)C)cc2-c2ccc(C(C)(C)C)cc2)c2c([2H])c([2H])c([2H])c([2H])c2[2H])c([2H])c1[2H]. The molecule has 4 heteroatoms. The fourth-order valence-electron chi connectivity index (χ4n) is 11.6. The van der Waals surface area contributed by atoms with Gasteiger partial charge in [-0.1, -0.05) is 197 Å². The van der Waals surface area contributed by atoms with E-state index in [0.29, 0.717) is 5.69 Å². The third kappa shape index (κ3) is 7.63. The van der Waals surface area contributed by atoms with Crippen LogP contribution in [0.15, 0.2) is 200 Å². The summed E-state index contributed by atoms with van der Waals surface area (Å²) in [4.78, 5) is 5.95. The van der Waals surface area contributed by atoms with Crippen molar-refractivity contribution in [2.45, 2.75) is 97.8 Å². The molecule has 9 aromatic carbocycles. The first-order valence-corrected chi connectivity index (χ1v) is 25.5. The van der Waals surface area contributed by atoms with Gasteiger partial charge >= 0.3 is 0 Å². The van der Waals surface area contributed by atoms with E-state index >= 15 is 0 Å². The Balaban J connectivity index is 1.19. The summed E-state index contributed by atoms with van der Waals surface area (Å²) in [6.07, 6.45) is 0. The van der Waals surface area contributed by atoms with Crippen LogP contribution in [0.1, 0.15) is 118 Å². The minimum atomic E-state index is -0.627. The monoisotopic (exact) mass is 958 g/mol. The molecule has 0 saturated heterocycles. The van der Waals surface area contributed by atoms with Crippen molar-refractivity contribution >= 4 is 74.3 Å². The van der Waals surface area contributed by atoms with Gasteiger partial charge in [-0.05, 0) is 156 Å². The maximum Gasteiger partial charge on any atom is 0.252 e. The van der Waals surface area contributed by atoms with Crippen LogP contribution in [0.3, 0.4) is 0 Å². The van der Waals surface area contributed by atoms with Crippen LogP contribution in [0.5, 0.6) is 0 Å². The molecule has 9 aromatic rings. The first kappa shape index (κ1) is 36.4. The second kappa shape index (κ2) is 16.8. The number of para-hydroxylation sites is 2. The van der Waals surface area contributed by atoms with Gasteiger partial charge in [-0.2, -0.15) is 0 Å². The fourth-order valence-corrected chi connectivity index (χ4v) is 11.6. The molecule has 2 aliphatic heterocycles. The molecule has 2 heterocycles. The molecule has 73 heavy (non-hydrogen) atoms. The Kier molecular flexibility index (Phi) is 8.35. The highest BCUT2D eigenvalue weighted by Crippen LogP contribution is 2.53. The number of anilines is 9. The summed E-state index contributed by atoms with van der Waals surface area (Å²) in [5, 5.41) is 0. The smallest absolute Gasteiger partial charge is 0.252 e. The third-order valence-electron chi connectivity index (χ3n) is 15.5. The summed E-state index contributed by atoms with van der Waals surface area (Å²) in [7, 11) is 0. The van der Waals surface area contributed by atoms with Gasteiger partial charge in [-0.15, -0.1) is 0 Å². The van der Waals surface area contributed by atoms with E-state index in [-0.39, 0.29) is 45.4 Å². The van der Waals surface area contributed by atoms with Crippen LogP contribution >= 0.6 is 0 Å². The number of benzene rings is 9. The third-order valence-corrected chi connectivity index (χ3v) is 15.5. The van der Waals surface area contributed by atoms with E-state index in [1.807, 2.05) is 12.1 Å². The van der Waals surface area contributed by atoms with Gasteiger partial charge in [-0.25, -0.2) is 0 Å². The molecule has 0 unspecified atom stereocenters. The quantitative estimate of drug-likeness (QED) is 0.154. The Labute approximate surface area is 448 Å². The molecule has 360 valence electrons. The minimum absolute atomic E-state index is 0.0388. The molecular weight excluding hydrogens is 882 g/mol. The number of nitrogens with zero attached hydrogens (tertiary/aromatic N) is 3. The Hall–Kier alpha value is -7.56. The zero-order valence-corrected chi connectivity index (χ0v) is 43.7. The number of hydrogen-bond donors (Lipinski definition) is 0. The predicted molar refractivity (Wildman–Crippen MR) is 314 cm³/mol. The van der Waals surface area contributed by atoms with Crippen molar-refractivity contribution in [1.29, 1.82) is 0 Å². The molecule has 0 saturated carbocycles. The van der Waals surface area contributed by atoms with Gasteiger partial charge in [0.2, 0.25) is 0 Å². The van der Waals surface area contributed by atoms with E-state index in [9.17, 15) is 5.48 Å². The van der Waals surface area contributed by atoms with Gasteiger partial charge in [0.15, 0.2) is 0 Å². The molecule has 1 aliphatic carbocycles. The van der Waals surface area contributed by atoms with Crippen LogP contribution in [-0.2, 0) is 21.7 Å². The molecule has 0 amide bonds. The van der Waals surface area contributed by atoms with Crippen LogP contribution in [0, 0.1) is 0 Å². The Bertz CT molecular complexity index is 4100. The Morgan fingerprint density at radius 3 is 1.64 bits per heavy atom. The highest BCUT2D eigenvalue weighted by molar-refractivity contribution is 7.00. The molecule has 0 fully saturated rings. The second-order valence-electron chi connectivity index (χ2n) is 23.6. The maximum atomic E-state index is 9.38. The number of fused-ring (bicyclic) bond motifs is 7. The summed E-state index contributed by atoms with van der Waals surface area (Å²) in [6, 6.07) is 43.9. The molecule has 0 N–H and O–H groups in total. The van der Waals surface area contributed by atoms with Crippen molar-refractivity contribution in [3.05, 3.63) is 228 Å². The molecule has 3 aliphatic rings. The topological polar surface area (TPSA) is 9.72 Å². The summed E-state index contributed by atoms with van der Waals surface area (Å²) in [6.45, 7) is 24.3. The van der Waals surface area contributed by atoms with Crippen LogP contribution in [0.25, 0.3) is 22.3 Å². The molecule has 0 bridgehead atoms. The molecule has 0 atom stereocenters. The van der Waals surface area contributed by atoms with Crippen LogP contribution in [0.2, 0.25) is 0 Å². The van der Waals surface area contributed by atoms with E-state index in [0.717, 1.165) is 72.6 Å². The normalized spacial score (nSPS) is 16.2. The standard InChI is InChI=1S/C69H66BN3/c1-66(2,3)46-31-29-45(30-32-46)55-41-47(67(4,5)6)33-39-60(55)73-61-40-34-48(68(7,8)9)42-59(61)70-58-38-36-52(71(49-21-14-12-15-22-49)50-23-16-13-17-24-50)44-64(58)72(62-27-20-28-63(73)65(62)70)51-35-37-54-53-25-18-19-26-56(53)69(10,11)57(54)43-51/h12-44H,1-11H3/i12D,13D,14D,15D,16D,17D,21D,22D,23D,24D. The lowest BCUT2D eigenvalue weighted by atomic mass is 9.33. The van der Waals surface area contributed by atoms with Crippen molar-refractivity contribution < 1.29 is 13.7 Å². The summed E-state index contributed by atoms with van der Waals surface area (Å²) in [5.41, 5.74) is 17.7. The van der Waals surface area contributed by atoms with E-state index in [2.05, 4.69) is 207 Å². The molecule has 0 radical (unpaired) electrons. The Morgan fingerprint density at radius 2 is 1.00 bits per heavy atom. The largest absolute Gasteiger partial charge is 0.311 e. The van der Waals surface area contributed by atoms with Crippen LogP contribution in [0.4, 0.5) is 51.2 Å². The maximum absolute atomic E-state index is 9.38. The predicted octanol–water partition coefficient (Wildman–Crippen LogP) is 17.1. The van der Waals surface area contributed by atoms with E-state index in [4.69, 9.17) is 8.22 Å². The summed E-state index contributed by atoms with van der Waals surface area (Å²) < 4.78 is 90.2. The second-order valence-corrected chi connectivity index (χ2v) is 23.6. The van der Waals surface area contributed by atoms with E-state index in [1.165, 1.54) is 27.2 Å². The summed E-state index contributed by atoms with van der Waals surface area (Å²) in [5.74, 6) is 0. The molecular formula is C69H66BN3.